The molecule has 1 saturated heterocycles. The Morgan fingerprint density at radius 1 is 1.55 bits per heavy atom. The van der Waals surface area contributed by atoms with Crippen LogP contribution in [0.3, 0.4) is 0 Å². The lowest BCUT2D eigenvalue weighted by molar-refractivity contribution is 0.0714. The maximum absolute atomic E-state index is 13.1. The largest absolute Gasteiger partial charge is 0.493 e. The van der Waals surface area contributed by atoms with E-state index in [-0.39, 0.29) is 11.2 Å². The van der Waals surface area contributed by atoms with Gasteiger partial charge in [0, 0.05) is 18.5 Å². The van der Waals surface area contributed by atoms with E-state index in [2.05, 4.69) is 24.3 Å². The molecule has 0 saturated carbocycles. The zero-order chi connectivity index (χ0) is 14.6. The summed E-state index contributed by atoms with van der Waals surface area (Å²) in [6.45, 7) is 6.68. The third-order valence-corrected chi connectivity index (χ3v) is 4.31. The van der Waals surface area contributed by atoms with Gasteiger partial charge in [0.25, 0.3) is 0 Å². The van der Waals surface area contributed by atoms with E-state index in [0.29, 0.717) is 11.4 Å². The second-order valence-electron chi connectivity index (χ2n) is 5.53. The lowest BCUT2D eigenvalue weighted by Gasteiger charge is -2.35. The molecule has 1 unspecified atom stereocenters. The number of methoxy groups -OCH3 is 1. The number of hydrogen-bond acceptors (Lipinski definition) is 4. The fraction of sp³-hybridized carbons (Fsp3) is 0.733. The first-order valence-corrected chi connectivity index (χ1v) is 7.54. The molecule has 0 spiro atoms. The fourth-order valence-corrected chi connectivity index (χ4v) is 3.00. The van der Waals surface area contributed by atoms with E-state index in [4.69, 9.17) is 4.74 Å². The van der Waals surface area contributed by atoms with Gasteiger partial charge in [-0.3, -0.25) is 9.48 Å². The molecular weight excluding hydrogens is 254 g/mol. The van der Waals surface area contributed by atoms with Crippen LogP contribution in [-0.4, -0.2) is 35.8 Å². The van der Waals surface area contributed by atoms with Crippen molar-refractivity contribution in [2.75, 3.05) is 20.2 Å². The van der Waals surface area contributed by atoms with Crippen molar-refractivity contribution in [3.8, 4) is 5.75 Å². The molecular formula is C15H25N3O2. The predicted octanol–water partition coefficient (Wildman–Crippen LogP) is 2.26. The molecule has 5 heteroatoms. The molecule has 1 aromatic heterocycles. The van der Waals surface area contributed by atoms with E-state index < -0.39 is 0 Å². The van der Waals surface area contributed by atoms with E-state index in [1.54, 1.807) is 18.0 Å². The van der Waals surface area contributed by atoms with Crippen molar-refractivity contribution < 1.29 is 9.53 Å². The predicted molar refractivity (Wildman–Crippen MR) is 78.2 cm³/mol. The molecule has 1 aliphatic rings. The minimum atomic E-state index is -0.308. The topological polar surface area (TPSA) is 56.2 Å². The van der Waals surface area contributed by atoms with Gasteiger partial charge in [0.2, 0.25) is 0 Å². The first-order valence-electron chi connectivity index (χ1n) is 7.54. The van der Waals surface area contributed by atoms with Gasteiger partial charge < -0.3 is 10.1 Å². The smallest absolute Gasteiger partial charge is 0.192 e. The van der Waals surface area contributed by atoms with Gasteiger partial charge in [-0.25, -0.2) is 0 Å². The van der Waals surface area contributed by atoms with Crippen molar-refractivity contribution in [1.29, 1.82) is 0 Å². The molecule has 1 fully saturated rings. The van der Waals surface area contributed by atoms with Gasteiger partial charge in [0.1, 0.15) is 5.69 Å². The zero-order valence-corrected chi connectivity index (χ0v) is 12.7. The molecule has 1 aliphatic heterocycles. The first kappa shape index (κ1) is 15.0. The van der Waals surface area contributed by atoms with E-state index in [9.17, 15) is 4.79 Å². The van der Waals surface area contributed by atoms with Crippen molar-refractivity contribution in [3.63, 3.8) is 0 Å². The third kappa shape index (κ3) is 2.59. The average Bonchev–Trinajstić information content (AvgIpc) is 2.90. The van der Waals surface area contributed by atoms with Crippen LogP contribution in [0.2, 0.25) is 0 Å². The first-order chi connectivity index (χ1) is 9.68. The average molecular weight is 279 g/mol. The van der Waals surface area contributed by atoms with Crippen molar-refractivity contribution in [2.24, 2.45) is 5.41 Å². The number of piperidine rings is 1. The van der Waals surface area contributed by atoms with Gasteiger partial charge in [-0.15, -0.1) is 0 Å². The van der Waals surface area contributed by atoms with E-state index in [1.807, 2.05) is 0 Å². The van der Waals surface area contributed by atoms with Crippen LogP contribution < -0.4 is 10.1 Å². The molecule has 0 amide bonds. The molecule has 0 aromatic carbocycles. The van der Waals surface area contributed by atoms with Crippen LogP contribution in [0, 0.1) is 5.41 Å². The Balaban J connectivity index is 2.37. The molecule has 1 atom stereocenters. The number of aromatic nitrogens is 2. The van der Waals surface area contributed by atoms with Gasteiger partial charge in [-0.1, -0.05) is 13.8 Å². The van der Waals surface area contributed by atoms with Crippen LogP contribution in [-0.2, 0) is 6.54 Å². The molecule has 1 aromatic rings. The highest BCUT2D eigenvalue weighted by Gasteiger charge is 2.41. The van der Waals surface area contributed by atoms with E-state index >= 15 is 0 Å². The van der Waals surface area contributed by atoms with Crippen LogP contribution in [0.25, 0.3) is 0 Å². The summed E-state index contributed by atoms with van der Waals surface area (Å²) in [6.07, 6.45) is 5.43. The summed E-state index contributed by atoms with van der Waals surface area (Å²) in [6, 6.07) is 0. The van der Waals surface area contributed by atoms with Crippen LogP contribution >= 0.6 is 0 Å². The van der Waals surface area contributed by atoms with Crippen LogP contribution in [0.1, 0.15) is 50.0 Å². The summed E-state index contributed by atoms with van der Waals surface area (Å²) < 4.78 is 7.15. The maximum Gasteiger partial charge on any atom is 0.192 e. The summed E-state index contributed by atoms with van der Waals surface area (Å²) in [4.78, 5) is 13.1. The van der Waals surface area contributed by atoms with Crippen molar-refractivity contribution in [3.05, 3.63) is 11.9 Å². The molecule has 0 bridgehead atoms. The molecule has 20 heavy (non-hydrogen) atoms. The highest BCUT2D eigenvalue weighted by molar-refractivity contribution is 6.01. The number of carbonyl (C=O) groups is 1. The van der Waals surface area contributed by atoms with Crippen molar-refractivity contribution in [2.45, 2.75) is 46.1 Å². The molecule has 2 heterocycles. The number of nitrogens with one attached hydrogen (secondary N) is 1. The van der Waals surface area contributed by atoms with Crippen molar-refractivity contribution in [1.82, 2.24) is 15.1 Å². The summed E-state index contributed by atoms with van der Waals surface area (Å²) >= 11 is 0. The summed E-state index contributed by atoms with van der Waals surface area (Å²) in [5.41, 5.74) is 0.330. The number of aryl methyl sites for hydroxylation is 1. The number of hydrogen-bond donors (Lipinski definition) is 1. The molecule has 0 radical (unpaired) electrons. The second kappa shape index (κ2) is 6.39. The Bertz CT molecular complexity index is 462. The van der Waals surface area contributed by atoms with Crippen LogP contribution in [0.4, 0.5) is 0 Å². The van der Waals surface area contributed by atoms with Gasteiger partial charge >= 0.3 is 0 Å². The second-order valence-corrected chi connectivity index (χ2v) is 5.53. The Morgan fingerprint density at radius 3 is 2.90 bits per heavy atom. The number of nitrogens with zero attached hydrogens (tertiary/aromatic N) is 2. The fourth-order valence-electron chi connectivity index (χ4n) is 3.00. The number of ketones is 1. The standard InChI is InChI=1S/C15H25N3O2/c1-4-9-18-13(12(20-3)10-17-18)14(19)15(5-2)7-6-8-16-11-15/h10,16H,4-9,11H2,1-3H3. The van der Waals surface area contributed by atoms with Gasteiger partial charge in [-0.2, -0.15) is 5.10 Å². The number of ether oxygens (including phenoxy) is 1. The number of Topliss-reactive ketones (excluding diaryl/α,β-unsaturated/α-hetero) is 1. The lowest BCUT2D eigenvalue weighted by Crippen LogP contribution is -2.45. The Labute approximate surface area is 120 Å². The van der Waals surface area contributed by atoms with Crippen LogP contribution in [0.15, 0.2) is 6.20 Å². The minimum Gasteiger partial charge on any atom is -0.493 e. The van der Waals surface area contributed by atoms with Gasteiger partial charge in [0.05, 0.1) is 13.3 Å². The summed E-state index contributed by atoms with van der Waals surface area (Å²) in [7, 11) is 1.60. The molecule has 2 rings (SSSR count). The normalized spacial score (nSPS) is 22.8. The SMILES string of the molecule is CCCn1ncc(OC)c1C(=O)C1(CC)CCCNC1. The molecule has 5 nitrogen and oxygen atoms in total. The maximum atomic E-state index is 13.1. The van der Waals surface area contributed by atoms with Crippen molar-refractivity contribution >= 4 is 5.78 Å². The summed E-state index contributed by atoms with van der Waals surface area (Å²) in [5, 5.41) is 7.68. The quantitative estimate of drug-likeness (QED) is 0.812. The summed E-state index contributed by atoms with van der Waals surface area (Å²) in [5.74, 6) is 0.775. The van der Waals surface area contributed by atoms with Crippen LogP contribution in [0.5, 0.6) is 5.75 Å². The monoisotopic (exact) mass is 279 g/mol. The van der Waals surface area contributed by atoms with Gasteiger partial charge in [0.15, 0.2) is 11.5 Å². The van der Waals surface area contributed by atoms with Gasteiger partial charge in [-0.05, 0) is 32.2 Å². The Kier molecular flexibility index (Phi) is 4.81. The number of rotatable bonds is 6. The molecule has 0 aliphatic carbocycles. The Hall–Kier alpha value is -1.36. The molecule has 1 N–H and O–H groups in total. The number of carbonyl (C=O) groups excluding carboxylic acids is 1. The van der Waals surface area contributed by atoms with E-state index in [0.717, 1.165) is 45.3 Å². The zero-order valence-electron chi connectivity index (χ0n) is 12.7. The molecule has 112 valence electrons. The highest BCUT2D eigenvalue weighted by atomic mass is 16.5. The Morgan fingerprint density at radius 2 is 2.35 bits per heavy atom. The third-order valence-electron chi connectivity index (χ3n) is 4.31. The lowest BCUT2D eigenvalue weighted by atomic mass is 9.73. The van der Waals surface area contributed by atoms with E-state index in [1.165, 1.54) is 0 Å². The highest BCUT2D eigenvalue weighted by Crippen LogP contribution is 2.36. The minimum absolute atomic E-state index is 0.176.